The van der Waals surface area contributed by atoms with Gasteiger partial charge in [-0.1, -0.05) is 12.1 Å². The molecule has 1 saturated heterocycles. The summed E-state index contributed by atoms with van der Waals surface area (Å²) in [6.45, 7) is 1.79. The molecular weight excluding hydrogens is 250 g/mol. The first-order chi connectivity index (χ1) is 8.44. The van der Waals surface area contributed by atoms with Gasteiger partial charge in [0.25, 0.3) is 0 Å². The molecule has 1 fully saturated rings. The van der Waals surface area contributed by atoms with Crippen molar-refractivity contribution in [1.29, 1.82) is 0 Å². The summed E-state index contributed by atoms with van der Waals surface area (Å²) in [5.41, 5.74) is 7.70. The first-order valence-electron chi connectivity index (χ1n) is 5.98. The molecule has 0 amide bonds. The van der Waals surface area contributed by atoms with E-state index in [2.05, 4.69) is 10.0 Å². The molecule has 6 heteroatoms. The Morgan fingerprint density at radius 2 is 1.94 bits per heavy atom. The van der Waals surface area contributed by atoms with Gasteiger partial charge in [0.1, 0.15) is 0 Å². The Morgan fingerprint density at radius 3 is 2.50 bits per heavy atom. The van der Waals surface area contributed by atoms with Crippen LogP contribution in [0.3, 0.4) is 0 Å². The molecule has 1 aromatic carbocycles. The van der Waals surface area contributed by atoms with Crippen LogP contribution < -0.4 is 15.8 Å². The molecule has 2 rings (SSSR count). The third-order valence-electron chi connectivity index (χ3n) is 3.07. The van der Waals surface area contributed by atoms with Crippen LogP contribution in [0.2, 0.25) is 0 Å². The van der Waals surface area contributed by atoms with Gasteiger partial charge in [-0.25, -0.2) is 8.42 Å². The van der Waals surface area contributed by atoms with Gasteiger partial charge < -0.3 is 11.1 Å². The zero-order valence-corrected chi connectivity index (χ0v) is 11.2. The minimum absolute atomic E-state index is 0.192. The van der Waals surface area contributed by atoms with E-state index in [0.29, 0.717) is 11.6 Å². The molecule has 0 aliphatic carbocycles. The molecule has 100 valence electrons. The lowest BCUT2D eigenvalue weighted by Crippen LogP contribution is -2.43. The maximum absolute atomic E-state index is 11.1. The van der Waals surface area contributed by atoms with Crippen LogP contribution in [0, 0.1) is 0 Å². The highest BCUT2D eigenvalue weighted by Gasteiger charge is 2.20. The second-order valence-corrected chi connectivity index (χ2v) is 6.60. The normalized spacial score (nSPS) is 24.8. The maximum atomic E-state index is 11.1. The summed E-state index contributed by atoms with van der Waals surface area (Å²) < 4.78 is 24.6. The summed E-state index contributed by atoms with van der Waals surface area (Å²) in [4.78, 5) is 0. The van der Waals surface area contributed by atoms with Gasteiger partial charge in [-0.05, 0) is 30.0 Å². The molecule has 1 heterocycles. The van der Waals surface area contributed by atoms with Gasteiger partial charge in [-0.15, -0.1) is 0 Å². The van der Waals surface area contributed by atoms with E-state index in [1.165, 1.54) is 5.56 Å². The monoisotopic (exact) mass is 269 g/mol. The number of hydrogen-bond acceptors (Lipinski definition) is 4. The Kier molecular flexibility index (Phi) is 3.89. The molecule has 2 unspecified atom stereocenters. The highest BCUT2D eigenvalue weighted by molar-refractivity contribution is 7.92. The Morgan fingerprint density at radius 1 is 1.28 bits per heavy atom. The molecule has 0 aromatic heterocycles. The van der Waals surface area contributed by atoms with Gasteiger partial charge in [0.15, 0.2) is 0 Å². The molecular formula is C12H19N3O2S. The largest absolute Gasteiger partial charge is 0.327 e. The first kappa shape index (κ1) is 13.3. The summed E-state index contributed by atoms with van der Waals surface area (Å²) in [5.74, 6) is 0.404. The minimum Gasteiger partial charge on any atom is -0.327 e. The minimum atomic E-state index is -3.21. The number of rotatable bonds is 3. The van der Waals surface area contributed by atoms with Crippen molar-refractivity contribution < 1.29 is 8.42 Å². The lowest BCUT2D eigenvalue weighted by Gasteiger charge is -2.28. The van der Waals surface area contributed by atoms with Crippen molar-refractivity contribution in [1.82, 2.24) is 5.32 Å². The van der Waals surface area contributed by atoms with Gasteiger partial charge in [0, 0.05) is 24.8 Å². The molecule has 0 saturated carbocycles. The highest BCUT2D eigenvalue weighted by Crippen LogP contribution is 2.24. The third kappa shape index (κ3) is 3.69. The number of anilines is 1. The first-order valence-corrected chi connectivity index (χ1v) is 7.87. The van der Waals surface area contributed by atoms with Crippen LogP contribution in [0.4, 0.5) is 5.69 Å². The van der Waals surface area contributed by atoms with Crippen LogP contribution in [0.5, 0.6) is 0 Å². The SMILES string of the molecule is CS(=O)(=O)Nc1ccc(C2CNCC(N)C2)cc1. The Bertz CT molecular complexity index is 499. The van der Waals surface area contributed by atoms with E-state index in [4.69, 9.17) is 5.73 Å². The topological polar surface area (TPSA) is 84.2 Å². The molecule has 1 aromatic rings. The lowest BCUT2D eigenvalue weighted by molar-refractivity contribution is 0.412. The number of benzene rings is 1. The van der Waals surface area contributed by atoms with Crippen LogP contribution in [-0.4, -0.2) is 33.8 Å². The summed E-state index contributed by atoms with van der Waals surface area (Å²) in [7, 11) is -3.21. The van der Waals surface area contributed by atoms with E-state index < -0.39 is 10.0 Å². The van der Waals surface area contributed by atoms with Gasteiger partial charge in [0.05, 0.1) is 6.26 Å². The zero-order valence-electron chi connectivity index (χ0n) is 10.4. The number of nitrogens with one attached hydrogen (secondary N) is 2. The Hall–Kier alpha value is -1.11. The van der Waals surface area contributed by atoms with Crippen molar-refractivity contribution in [2.75, 3.05) is 24.1 Å². The summed E-state index contributed by atoms with van der Waals surface area (Å²) in [5, 5.41) is 3.30. The standard InChI is InChI=1S/C12H19N3O2S/c1-18(16,17)15-12-4-2-9(3-5-12)10-6-11(13)8-14-7-10/h2-5,10-11,14-15H,6-8,13H2,1H3. The molecule has 1 aliphatic heterocycles. The summed E-state index contributed by atoms with van der Waals surface area (Å²) in [6.07, 6.45) is 2.11. The molecule has 0 bridgehead atoms. The van der Waals surface area contributed by atoms with Gasteiger partial charge in [-0.3, -0.25) is 4.72 Å². The second kappa shape index (κ2) is 5.26. The molecule has 2 atom stereocenters. The van der Waals surface area contributed by atoms with Crippen molar-refractivity contribution in [3.63, 3.8) is 0 Å². The average molecular weight is 269 g/mol. The second-order valence-electron chi connectivity index (χ2n) is 4.85. The number of piperidine rings is 1. The van der Waals surface area contributed by atoms with Crippen molar-refractivity contribution >= 4 is 15.7 Å². The van der Waals surface area contributed by atoms with Crippen LogP contribution >= 0.6 is 0 Å². The smallest absolute Gasteiger partial charge is 0.229 e. The van der Waals surface area contributed by atoms with Crippen molar-refractivity contribution in [2.24, 2.45) is 5.73 Å². The van der Waals surface area contributed by atoms with Crippen LogP contribution in [-0.2, 0) is 10.0 Å². The summed E-state index contributed by atoms with van der Waals surface area (Å²) >= 11 is 0. The Labute approximate surface area is 108 Å². The van der Waals surface area contributed by atoms with Gasteiger partial charge in [-0.2, -0.15) is 0 Å². The highest BCUT2D eigenvalue weighted by atomic mass is 32.2. The molecule has 18 heavy (non-hydrogen) atoms. The number of hydrogen-bond donors (Lipinski definition) is 3. The van der Waals surface area contributed by atoms with E-state index in [9.17, 15) is 8.42 Å². The summed E-state index contributed by atoms with van der Waals surface area (Å²) in [6, 6.07) is 7.68. The van der Waals surface area contributed by atoms with Crippen LogP contribution in [0.25, 0.3) is 0 Å². The van der Waals surface area contributed by atoms with Gasteiger partial charge in [0.2, 0.25) is 10.0 Å². The predicted molar refractivity (Wildman–Crippen MR) is 73.1 cm³/mol. The van der Waals surface area contributed by atoms with Crippen molar-refractivity contribution in [3.8, 4) is 0 Å². The van der Waals surface area contributed by atoms with E-state index in [-0.39, 0.29) is 6.04 Å². The Balaban J connectivity index is 2.07. The third-order valence-corrected chi connectivity index (χ3v) is 3.68. The fraction of sp³-hybridized carbons (Fsp3) is 0.500. The number of nitrogens with two attached hydrogens (primary N) is 1. The molecule has 5 nitrogen and oxygen atoms in total. The zero-order chi connectivity index (χ0) is 13.2. The van der Waals surface area contributed by atoms with Gasteiger partial charge >= 0.3 is 0 Å². The fourth-order valence-electron chi connectivity index (χ4n) is 2.27. The van der Waals surface area contributed by atoms with E-state index in [1.54, 1.807) is 12.1 Å². The molecule has 0 radical (unpaired) electrons. The lowest BCUT2D eigenvalue weighted by atomic mass is 9.89. The van der Waals surface area contributed by atoms with E-state index in [1.807, 2.05) is 12.1 Å². The molecule has 0 spiro atoms. The van der Waals surface area contributed by atoms with E-state index in [0.717, 1.165) is 25.8 Å². The fourth-order valence-corrected chi connectivity index (χ4v) is 2.83. The maximum Gasteiger partial charge on any atom is 0.229 e. The number of sulfonamides is 1. The predicted octanol–water partition coefficient (Wildman–Crippen LogP) is 0.462. The van der Waals surface area contributed by atoms with E-state index >= 15 is 0 Å². The van der Waals surface area contributed by atoms with Crippen LogP contribution in [0.15, 0.2) is 24.3 Å². The quantitative estimate of drug-likeness (QED) is 0.744. The van der Waals surface area contributed by atoms with Crippen molar-refractivity contribution in [2.45, 2.75) is 18.4 Å². The molecule has 1 aliphatic rings. The van der Waals surface area contributed by atoms with Crippen molar-refractivity contribution in [3.05, 3.63) is 29.8 Å². The molecule has 4 N–H and O–H groups in total. The van der Waals surface area contributed by atoms with Crippen LogP contribution in [0.1, 0.15) is 17.9 Å². The average Bonchev–Trinajstić information content (AvgIpc) is 2.28.